The Balaban J connectivity index is 1.90. The fourth-order valence-corrected chi connectivity index (χ4v) is 4.59. The molecule has 112 valence electrons. The molecule has 0 aromatic rings. The number of nitrogens with zero attached hydrogens (tertiary/aromatic N) is 1. The zero-order valence-electron chi connectivity index (χ0n) is 12.1. The van der Waals surface area contributed by atoms with Gasteiger partial charge in [0.1, 0.15) is 0 Å². The Kier molecular flexibility index (Phi) is 5.22. The fourth-order valence-electron chi connectivity index (χ4n) is 3.21. The van der Waals surface area contributed by atoms with Gasteiger partial charge in [0, 0.05) is 25.7 Å². The van der Waals surface area contributed by atoms with Gasteiger partial charge in [-0.05, 0) is 38.6 Å². The average molecular weight is 289 g/mol. The van der Waals surface area contributed by atoms with Gasteiger partial charge in [-0.25, -0.2) is 4.72 Å². The van der Waals surface area contributed by atoms with Crippen LogP contribution in [-0.4, -0.2) is 45.4 Å². The van der Waals surface area contributed by atoms with Crippen LogP contribution in [0.4, 0.5) is 0 Å². The summed E-state index contributed by atoms with van der Waals surface area (Å²) in [6, 6.07) is 0.155. The Morgan fingerprint density at radius 1 is 1.21 bits per heavy atom. The van der Waals surface area contributed by atoms with Gasteiger partial charge >= 0.3 is 0 Å². The van der Waals surface area contributed by atoms with Gasteiger partial charge in [-0.1, -0.05) is 19.3 Å². The zero-order valence-corrected chi connectivity index (χ0v) is 12.9. The van der Waals surface area contributed by atoms with E-state index >= 15 is 0 Å². The monoisotopic (exact) mass is 289 g/mol. The molecule has 1 aliphatic carbocycles. The van der Waals surface area contributed by atoms with Gasteiger partial charge in [-0.15, -0.1) is 0 Å². The summed E-state index contributed by atoms with van der Waals surface area (Å²) >= 11 is 0. The third kappa shape index (κ3) is 3.90. The van der Waals surface area contributed by atoms with Gasteiger partial charge in [0.15, 0.2) is 0 Å². The maximum atomic E-state index is 12.3. The third-order valence-corrected chi connectivity index (χ3v) is 6.20. The number of hydrogen-bond acceptors (Lipinski definition) is 3. The molecule has 0 amide bonds. The number of likely N-dealkylation sites (N-methyl/N-ethyl adjacent to an activating group) is 1. The largest absolute Gasteiger partial charge is 0.316 e. The minimum Gasteiger partial charge on any atom is -0.316 e. The van der Waals surface area contributed by atoms with Crippen LogP contribution in [0.3, 0.4) is 0 Å². The minimum absolute atomic E-state index is 0.155. The van der Waals surface area contributed by atoms with Crippen LogP contribution in [0, 0.1) is 11.8 Å². The highest BCUT2D eigenvalue weighted by Gasteiger charge is 2.35. The first-order valence-electron chi connectivity index (χ1n) is 7.45. The molecular weight excluding hydrogens is 262 g/mol. The lowest BCUT2D eigenvalue weighted by atomic mass is 9.76. The lowest BCUT2D eigenvalue weighted by Crippen LogP contribution is -2.50. The molecule has 1 saturated heterocycles. The molecule has 2 fully saturated rings. The molecule has 3 atom stereocenters. The molecule has 3 unspecified atom stereocenters. The number of hydrogen-bond donors (Lipinski definition) is 2. The van der Waals surface area contributed by atoms with Gasteiger partial charge in [0.2, 0.25) is 0 Å². The van der Waals surface area contributed by atoms with Crippen LogP contribution in [0.15, 0.2) is 0 Å². The fraction of sp³-hybridized carbons (Fsp3) is 1.00. The van der Waals surface area contributed by atoms with E-state index in [1.165, 1.54) is 25.7 Å². The predicted molar refractivity (Wildman–Crippen MR) is 77.1 cm³/mol. The lowest BCUT2D eigenvalue weighted by molar-refractivity contribution is 0.135. The van der Waals surface area contributed by atoms with Gasteiger partial charge in [0.05, 0.1) is 0 Å². The Morgan fingerprint density at radius 2 is 1.89 bits per heavy atom. The number of fused-ring (bicyclic) bond motifs is 1. The minimum atomic E-state index is -3.30. The van der Waals surface area contributed by atoms with E-state index in [2.05, 4.69) is 10.0 Å². The third-order valence-electron chi connectivity index (χ3n) is 4.66. The normalized spacial score (nSPS) is 30.8. The average Bonchev–Trinajstić information content (AvgIpc) is 2.44. The summed E-state index contributed by atoms with van der Waals surface area (Å²) in [6.07, 6.45) is 6.12. The second-order valence-electron chi connectivity index (χ2n) is 5.99. The van der Waals surface area contributed by atoms with Crippen molar-refractivity contribution in [2.75, 3.05) is 26.7 Å². The summed E-state index contributed by atoms with van der Waals surface area (Å²) in [5.41, 5.74) is 0. The molecule has 19 heavy (non-hydrogen) atoms. The summed E-state index contributed by atoms with van der Waals surface area (Å²) in [5.74, 6) is 1.34. The molecule has 2 rings (SSSR count). The number of piperidine rings is 1. The van der Waals surface area contributed by atoms with E-state index in [0.29, 0.717) is 25.6 Å². The van der Waals surface area contributed by atoms with Crippen LogP contribution in [0.1, 0.15) is 39.0 Å². The van der Waals surface area contributed by atoms with Crippen molar-refractivity contribution in [1.82, 2.24) is 14.3 Å². The first-order valence-corrected chi connectivity index (χ1v) is 8.89. The second-order valence-corrected chi connectivity index (χ2v) is 7.75. The molecule has 6 heteroatoms. The highest BCUT2D eigenvalue weighted by atomic mass is 32.2. The summed E-state index contributed by atoms with van der Waals surface area (Å²) in [7, 11) is -1.46. The summed E-state index contributed by atoms with van der Waals surface area (Å²) < 4.78 is 28.9. The van der Waals surface area contributed by atoms with E-state index < -0.39 is 10.2 Å². The first-order chi connectivity index (χ1) is 9.03. The van der Waals surface area contributed by atoms with E-state index in [1.54, 1.807) is 4.31 Å². The smallest absolute Gasteiger partial charge is 0.279 e. The molecule has 0 spiro atoms. The van der Waals surface area contributed by atoms with Gasteiger partial charge in [-0.2, -0.15) is 12.7 Å². The van der Waals surface area contributed by atoms with Crippen molar-refractivity contribution in [3.05, 3.63) is 0 Å². The van der Waals surface area contributed by atoms with E-state index in [1.807, 2.05) is 14.0 Å². The molecule has 1 aliphatic heterocycles. The summed E-state index contributed by atoms with van der Waals surface area (Å²) in [5, 5.41) is 3.04. The zero-order chi connectivity index (χ0) is 13.9. The van der Waals surface area contributed by atoms with Crippen molar-refractivity contribution in [2.24, 2.45) is 11.8 Å². The first kappa shape index (κ1) is 15.2. The number of nitrogens with one attached hydrogen (secondary N) is 2. The Hall–Kier alpha value is -0.170. The summed E-state index contributed by atoms with van der Waals surface area (Å²) in [6.45, 7) is 3.82. The van der Waals surface area contributed by atoms with Crippen molar-refractivity contribution in [1.29, 1.82) is 0 Å². The molecule has 1 heterocycles. The van der Waals surface area contributed by atoms with Crippen molar-refractivity contribution in [2.45, 2.75) is 45.1 Å². The van der Waals surface area contributed by atoms with E-state index in [9.17, 15) is 8.42 Å². The predicted octanol–water partition coefficient (Wildman–Crippen LogP) is 0.941. The Labute approximate surface area is 117 Å². The standard InChI is InChI=1S/C13H27N3O2S/c1-11(14-2)9-15-19(17,18)16-8-7-12-5-3-4-6-13(12)10-16/h11-15H,3-10H2,1-2H3. The van der Waals surface area contributed by atoms with Crippen LogP contribution >= 0.6 is 0 Å². The molecule has 0 aromatic carbocycles. The van der Waals surface area contributed by atoms with Crippen LogP contribution in [0.5, 0.6) is 0 Å². The Morgan fingerprint density at radius 3 is 2.58 bits per heavy atom. The molecule has 0 aromatic heterocycles. The second kappa shape index (κ2) is 6.52. The molecular formula is C13H27N3O2S. The van der Waals surface area contributed by atoms with E-state index in [0.717, 1.165) is 12.3 Å². The topological polar surface area (TPSA) is 61.4 Å². The molecule has 1 saturated carbocycles. The highest BCUT2D eigenvalue weighted by molar-refractivity contribution is 7.87. The van der Waals surface area contributed by atoms with E-state index in [4.69, 9.17) is 0 Å². The van der Waals surface area contributed by atoms with Crippen LogP contribution in [0.25, 0.3) is 0 Å². The quantitative estimate of drug-likeness (QED) is 0.792. The molecule has 2 aliphatic rings. The lowest BCUT2D eigenvalue weighted by Gasteiger charge is -2.40. The van der Waals surface area contributed by atoms with Crippen LogP contribution in [-0.2, 0) is 10.2 Å². The van der Waals surface area contributed by atoms with Crippen LogP contribution in [0.2, 0.25) is 0 Å². The summed E-state index contributed by atoms with van der Waals surface area (Å²) in [4.78, 5) is 0. The van der Waals surface area contributed by atoms with Gasteiger partial charge in [0.25, 0.3) is 10.2 Å². The number of rotatable bonds is 5. The van der Waals surface area contributed by atoms with Crippen molar-refractivity contribution >= 4 is 10.2 Å². The maximum absolute atomic E-state index is 12.3. The van der Waals surface area contributed by atoms with Crippen molar-refractivity contribution in [3.63, 3.8) is 0 Å². The molecule has 5 nitrogen and oxygen atoms in total. The van der Waals surface area contributed by atoms with Crippen LogP contribution < -0.4 is 10.0 Å². The van der Waals surface area contributed by atoms with Crippen molar-refractivity contribution < 1.29 is 8.42 Å². The van der Waals surface area contributed by atoms with Crippen molar-refractivity contribution in [3.8, 4) is 0 Å². The van der Waals surface area contributed by atoms with Gasteiger partial charge < -0.3 is 5.32 Å². The molecule has 0 radical (unpaired) electrons. The highest BCUT2D eigenvalue weighted by Crippen LogP contribution is 2.36. The van der Waals surface area contributed by atoms with E-state index in [-0.39, 0.29) is 6.04 Å². The molecule has 2 N–H and O–H groups in total. The Bertz CT molecular complexity index is 385. The van der Waals surface area contributed by atoms with Gasteiger partial charge in [-0.3, -0.25) is 0 Å². The SMILES string of the molecule is CNC(C)CNS(=O)(=O)N1CCC2CCCCC2C1. The molecule has 0 bridgehead atoms. The maximum Gasteiger partial charge on any atom is 0.279 e.